The van der Waals surface area contributed by atoms with Gasteiger partial charge in [-0.2, -0.15) is 0 Å². The number of halogens is 1. The lowest BCUT2D eigenvalue weighted by Gasteiger charge is -2.20. The van der Waals surface area contributed by atoms with Crippen molar-refractivity contribution in [3.63, 3.8) is 0 Å². The van der Waals surface area contributed by atoms with Crippen LogP contribution >= 0.6 is 11.6 Å². The van der Waals surface area contributed by atoms with Gasteiger partial charge in [-0.25, -0.2) is 0 Å². The summed E-state index contributed by atoms with van der Waals surface area (Å²) in [7, 11) is 0. The molecule has 2 heteroatoms. The Hall–Kier alpha value is -0.530. The lowest BCUT2D eigenvalue weighted by molar-refractivity contribution is 0.220. The van der Waals surface area contributed by atoms with Crippen LogP contribution in [0.5, 0.6) is 0 Å². The van der Waals surface area contributed by atoms with Gasteiger partial charge >= 0.3 is 0 Å². The van der Waals surface area contributed by atoms with Gasteiger partial charge in [0.1, 0.15) is 5.60 Å². The molecule has 0 aromatic heterocycles. The molecule has 0 spiro atoms. The smallest absolute Gasteiger partial charge is 0.121 e. The van der Waals surface area contributed by atoms with Crippen molar-refractivity contribution in [1.82, 2.24) is 0 Å². The second-order valence-electron chi connectivity index (χ2n) is 4.64. The molecule has 1 atom stereocenters. The Bertz CT molecular complexity index is 365. The van der Waals surface area contributed by atoms with Crippen LogP contribution in [0.4, 0.5) is 0 Å². The molecule has 0 bridgehead atoms. The van der Waals surface area contributed by atoms with E-state index in [0.29, 0.717) is 5.92 Å². The Morgan fingerprint density at radius 3 is 2.47 bits per heavy atom. The largest absolute Gasteiger partial charge is 0.364 e. The van der Waals surface area contributed by atoms with E-state index in [1.165, 1.54) is 31.2 Å². The van der Waals surface area contributed by atoms with E-state index in [9.17, 15) is 0 Å². The van der Waals surface area contributed by atoms with Gasteiger partial charge in [0.2, 0.25) is 0 Å². The van der Waals surface area contributed by atoms with Crippen LogP contribution in [0.15, 0.2) is 24.3 Å². The molecule has 1 aromatic rings. The van der Waals surface area contributed by atoms with Crippen LogP contribution in [-0.4, -0.2) is 6.61 Å². The zero-order valence-corrected chi connectivity index (χ0v) is 9.46. The average Bonchev–Trinajstić information content (AvgIpc) is 2.87. The maximum atomic E-state index is 6.25. The van der Waals surface area contributed by atoms with Gasteiger partial charge in [0.25, 0.3) is 0 Å². The summed E-state index contributed by atoms with van der Waals surface area (Å²) in [6.45, 7) is 0.862. The minimum Gasteiger partial charge on any atom is -0.364 e. The van der Waals surface area contributed by atoms with Crippen molar-refractivity contribution < 1.29 is 4.74 Å². The van der Waals surface area contributed by atoms with Crippen molar-refractivity contribution in [1.29, 1.82) is 0 Å². The van der Waals surface area contributed by atoms with E-state index in [-0.39, 0.29) is 5.60 Å². The van der Waals surface area contributed by atoms with Gasteiger partial charge in [-0.05, 0) is 24.8 Å². The Morgan fingerprint density at radius 1 is 1.20 bits per heavy atom. The topological polar surface area (TPSA) is 12.5 Å². The summed E-state index contributed by atoms with van der Waals surface area (Å²) in [5.41, 5.74) is 1.19. The summed E-state index contributed by atoms with van der Waals surface area (Å²) in [6.07, 6.45) is 5.29. The molecule has 15 heavy (non-hydrogen) atoms. The average molecular weight is 223 g/mol. The fourth-order valence-corrected chi connectivity index (χ4v) is 3.18. The van der Waals surface area contributed by atoms with E-state index < -0.39 is 0 Å². The summed E-state index contributed by atoms with van der Waals surface area (Å²) >= 11 is 6.25. The molecule has 80 valence electrons. The maximum absolute atomic E-state index is 6.25. The van der Waals surface area contributed by atoms with E-state index in [0.717, 1.165) is 11.6 Å². The lowest BCUT2D eigenvalue weighted by atomic mass is 9.85. The third kappa shape index (κ3) is 1.49. The highest BCUT2D eigenvalue weighted by atomic mass is 35.5. The van der Waals surface area contributed by atoms with E-state index in [1.54, 1.807) is 0 Å². The first kappa shape index (κ1) is 9.68. The Kier molecular flexibility index (Phi) is 2.26. The first-order valence-electron chi connectivity index (χ1n) is 5.72. The second-order valence-corrected chi connectivity index (χ2v) is 5.05. The van der Waals surface area contributed by atoms with Crippen molar-refractivity contribution in [3.8, 4) is 0 Å². The van der Waals surface area contributed by atoms with Gasteiger partial charge in [-0.3, -0.25) is 0 Å². The number of ether oxygens (including phenoxy) is 1. The molecule has 1 nitrogen and oxygen atoms in total. The van der Waals surface area contributed by atoms with Gasteiger partial charge in [0.05, 0.1) is 6.61 Å². The standard InChI is InChI=1S/C13H15ClO/c14-12-8-4-3-7-11(12)13(9-15-13)10-5-1-2-6-10/h3-4,7-8,10H,1-2,5-6,9H2. The summed E-state index contributed by atoms with van der Waals surface area (Å²) in [5.74, 6) is 0.692. The molecule has 1 aliphatic heterocycles. The van der Waals surface area contributed by atoms with Gasteiger partial charge in [0.15, 0.2) is 0 Å². The molecule has 2 fully saturated rings. The molecule has 1 aromatic carbocycles. The van der Waals surface area contributed by atoms with Crippen LogP contribution in [0.25, 0.3) is 0 Å². The van der Waals surface area contributed by atoms with E-state index in [2.05, 4.69) is 12.1 Å². The highest BCUT2D eigenvalue weighted by Crippen LogP contribution is 2.53. The zero-order chi connectivity index (χ0) is 10.3. The first-order valence-corrected chi connectivity index (χ1v) is 6.10. The van der Waals surface area contributed by atoms with Crippen molar-refractivity contribution in [2.75, 3.05) is 6.61 Å². The molecular weight excluding hydrogens is 208 g/mol. The number of hydrogen-bond donors (Lipinski definition) is 0. The fraction of sp³-hybridized carbons (Fsp3) is 0.538. The van der Waals surface area contributed by atoms with Gasteiger partial charge < -0.3 is 4.74 Å². The Balaban J connectivity index is 1.95. The van der Waals surface area contributed by atoms with Crippen LogP contribution in [0.3, 0.4) is 0 Å². The highest BCUT2D eigenvalue weighted by Gasteiger charge is 2.54. The molecule has 0 amide bonds. The monoisotopic (exact) mass is 222 g/mol. The van der Waals surface area contributed by atoms with E-state index in [4.69, 9.17) is 16.3 Å². The van der Waals surface area contributed by atoms with Crippen LogP contribution in [0.2, 0.25) is 5.02 Å². The first-order chi connectivity index (χ1) is 7.33. The SMILES string of the molecule is Clc1ccccc1C1(C2CCCC2)CO1. The molecule has 2 aliphatic rings. The van der Waals surface area contributed by atoms with Crippen molar-refractivity contribution in [2.45, 2.75) is 31.3 Å². The summed E-state index contributed by atoms with van der Waals surface area (Å²) in [6, 6.07) is 8.12. The number of hydrogen-bond acceptors (Lipinski definition) is 1. The van der Waals surface area contributed by atoms with Gasteiger partial charge in [-0.1, -0.05) is 42.6 Å². The fourth-order valence-electron chi connectivity index (χ4n) is 2.89. The van der Waals surface area contributed by atoms with Gasteiger partial charge in [-0.15, -0.1) is 0 Å². The predicted molar refractivity (Wildman–Crippen MR) is 61.0 cm³/mol. The second kappa shape index (κ2) is 3.50. The van der Waals surface area contributed by atoms with Crippen LogP contribution in [0, 0.1) is 5.92 Å². The van der Waals surface area contributed by atoms with Crippen molar-refractivity contribution in [2.24, 2.45) is 5.92 Å². The maximum Gasteiger partial charge on any atom is 0.121 e. The van der Waals surface area contributed by atoms with Gasteiger partial charge in [0, 0.05) is 10.6 Å². The number of benzene rings is 1. The summed E-state index contributed by atoms with van der Waals surface area (Å²) in [4.78, 5) is 0. The van der Waals surface area contributed by atoms with Crippen molar-refractivity contribution in [3.05, 3.63) is 34.9 Å². The summed E-state index contributed by atoms with van der Waals surface area (Å²) < 4.78 is 5.76. The third-order valence-electron chi connectivity index (χ3n) is 3.80. The molecule has 1 unspecified atom stereocenters. The normalized spacial score (nSPS) is 30.7. The zero-order valence-electron chi connectivity index (χ0n) is 8.71. The van der Waals surface area contributed by atoms with Crippen LogP contribution in [0.1, 0.15) is 31.2 Å². The molecule has 1 heterocycles. The molecule has 3 rings (SSSR count). The molecule has 0 radical (unpaired) electrons. The van der Waals surface area contributed by atoms with E-state index >= 15 is 0 Å². The minimum absolute atomic E-state index is 0.0190. The quantitative estimate of drug-likeness (QED) is 0.695. The third-order valence-corrected chi connectivity index (χ3v) is 4.13. The predicted octanol–water partition coefficient (Wildman–Crippen LogP) is 3.76. The molecular formula is C13H15ClO. The number of rotatable bonds is 2. The lowest BCUT2D eigenvalue weighted by Crippen LogP contribution is -2.19. The van der Waals surface area contributed by atoms with Crippen molar-refractivity contribution >= 4 is 11.6 Å². The highest BCUT2D eigenvalue weighted by molar-refractivity contribution is 6.31. The molecule has 1 aliphatic carbocycles. The molecule has 1 saturated heterocycles. The molecule has 0 N–H and O–H groups in total. The Labute approximate surface area is 95.4 Å². The van der Waals surface area contributed by atoms with Crippen LogP contribution in [-0.2, 0) is 10.3 Å². The van der Waals surface area contributed by atoms with E-state index in [1.807, 2.05) is 12.1 Å². The molecule has 1 saturated carbocycles. The summed E-state index contributed by atoms with van der Waals surface area (Å²) in [5, 5.41) is 0.863. The van der Waals surface area contributed by atoms with Crippen LogP contribution < -0.4 is 0 Å². The minimum atomic E-state index is -0.0190. The number of epoxide rings is 1. The Morgan fingerprint density at radius 2 is 1.87 bits per heavy atom.